The number of aliphatic hydroxyl groups is 1. The van der Waals surface area contributed by atoms with Crippen LogP contribution in [0.15, 0.2) is 42.5 Å². The maximum Gasteiger partial charge on any atom is 0.252 e. The first-order chi connectivity index (χ1) is 16.5. The van der Waals surface area contributed by atoms with Crippen molar-refractivity contribution in [3.8, 4) is 0 Å². The minimum absolute atomic E-state index is 0.341. The van der Waals surface area contributed by atoms with Gasteiger partial charge in [0.05, 0.1) is 6.10 Å². The molecule has 0 aliphatic heterocycles. The lowest BCUT2D eigenvalue weighted by Gasteiger charge is -2.21. The number of amides is 2. The minimum Gasteiger partial charge on any atom is -0.391 e. The van der Waals surface area contributed by atoms with E-state index in [0.29, 0.717) is 12.1 Å². The lowest BCUT2D eigenvalue weighted by atomic mass is 10.1. The molecule has 2 aromatic rings. The average molecular weight is 469 g/mol. The number of nitrogens with one attached hydrogen (secondary N) is 2. The zero-order chi connectivity index (χ0) is 24.6. The molecule has 0 saturated carbocycles. The van der Waals surface area contributed by atoms with Crippen LogP contribution < -0.4 is 10.6 Å². The van der Waals surface area contributed by atoms with Crippen LogP contribution in [-0.2, 0) is 4.79 Å². The van der Waals surface area contributed by atoms with E-state index in [1.807, 2.05) is 30.3 Å². The molecule has 0 fully saturated rings. The molecule has 2 aromatic carbocycles. The normalized spacial score (nSPS) is 12.9. The summed E-state index contributed by atoms with van der Waals surface area (Å²) in [6.45, 7) is 4.34. The lowest BCUT2D eigenvalue weighted by Crippen LogP contribution is -2.52. The van der Waals surface area contributed by atoms with E-state index in [4.69, 9.17) is 0 Å². The Morgan fingerprint density at radius 1 is 0.794 bits per heavy atom. The lowest BCUT2D eigenvalue weighted by molar-refractivity contribution is -0.125. The molecule has 3 N–H and O–H groups in total. The third-order valence-corrected chi connectivity index (χ3v) is 6.39. The van der Waals surface area contributed by atoms with Crippen LogP contribution in [0.5, 0.6) is 0 Å². The molecule has 0 saturated heterocycles. The van der Waals surface area contributed by atoms with Gasteiger partial charge in [-0.15, -0.1) is 0 Å². The smallest absolute Gasteiger partial charge is 0.252 e. The summed E-state index contributed by atoms with van der Waals surface area (Å²) in [6, 6.07) is 12.2. The van der Waals surface area contributed by atoms with Crippen molar-refractivity contribution < 1.29 is 14.7 Å². The molecular formula is C29H44N2O3. The van der Waals surface area contributed by atoms with Crippen molar-refractivity contribution in [1.29, 1.82) is 0 Å². The SMILES string of the molecule is CCCCCCCCCCCCCCNC(=O)[C@@H](NC(=O)c1ccc2ccccc2c1)[C@@H](C)O. The topological polar surface area (TPSA) is 78.4 Å². The monoisotopic (exact) mass is 468 g/mol. The zero-order valence-electron chi connectivity index (χ0n) is 21.2. The Labute approximate surface area is 205 Å². The number of hydrogen-bond acceptors (Lipinski definition) is 3. The second kappa shape index (κ2) is 16.3. The van der Waals surface area contributed by atoms with Crippen molar-refractivity contribution in [2.75, 3.05) is 6.54 Å². The number of carbonyl (C=O) groups is 2. The average Bonchev–Trinajstić information content (AvgIpc) is 2.84. The van der Waals surface area contributed by atoms with Crippen molar-refractivity contribution >= 4 is 22.6 Å². The van der Waals surface area contributed by atoms with Gasteiger partial charge in [-0.1, -0.05) is 108 Å². The summed E-state index contributed by atoms with van der Waals surface area (Å²) in [5.74, 6) is -0.704. The van der Waals surface area contributed by atoms with E-state index < -0.39 is 12.1 Å². The Bertz CT molecular complexity index is 865. The Hall–Kier alpha value is -2.40. The molecule has 0 radical (unpaired) electrons. The van der Waals surface area contributed by atoms with Gasteiger partial charge in [0.2, 0.25) is 5.91 Å². The van der Waals surface area contributed by atoms with Gasteiger partial charge >= 0.3 is 0 Å². The van der Waals surface area contributed by atoms with E-state index in [1.165, 1.54) is 71.1 Å². The predicted molar refractivity (Wildman–Crippen MR) is 141 cm³/mol. The molecule has 2 atom stereocenters. The molecule has 2 amide bonds. The number of rotatable bonds is 17. The summed E-state index contributed by atoms with van der Waals surface area (Å²) in [5.41, 5.74) is 0.470. The van der Waals surface area contributed by atoms with E-state index >= 15 is 0 Å². The summed E-state index contributed by atoms with van der Waals surface area (Å²) in [4.78, 5) is 25.3. The van der Waals surface area contributed by atoms with Crippen molar-refractivity contribution in [3.05, 3.63) is 48.0 Å². The molecule has 0 aromatic heterocycles. The third kappa shape index (κ3) is 10.3. The molecule has 188 valence electrons. The summed E-state index contributed by atoms with van der Waals surface area (Å²) >= 11 is 0. The minimum atomic E-state index is -0.980. The van der Waals surface area contributed by atoms with Crippen LogP contribution in [0.4, 0.5) is 0 Å². The van der Waals surface area contributed by atoms with Gasteiger partial charge in [-0.25, -0.2) is 0 Å². The summed E-state index contributed by atoms with van der Waals surface area (Å²) in [6.07, 6.45) is 14.2. The Morgan fingerprint density at radius 2 is 1.35 bits per heavy atom. The van der Waals surface area contributed by atoms with Crippen molar-refractivity contribution in [1.82, 2.24) is 10.6 Å². The molecule has 34 heavy (non-hydrogen) atoms. The van der Waals surface area contributed by atoms with Gasteiger partial charge in [0.15, 0.2) is 0 Å². The highest BCUT2D eigenvalue weighted by atomic mass is 16.3. The number of fused-ring (bicyclic) bond motifs is 1. The number of unbranched alkanes of at least 4 members (excludes halogenated alkanes) is 11. The van der Waals surface area contributed by atoms with Crippen LogP contribution in [0.2, 0.25) is 0 Å². The van der Waals surface area contributed by atoms with Crippen LogP contribution in [0.1, 0.15) is 101 Å². The summed E-state index contributed by atoms with van der Waals surface area (Å²) < 4.78 is 0. The fourth-order valence-electron chi connectivity index (χ4n) is 4.25. The van der Waals surface area contributed by atoms with Gasteiger partial charge in [-0.05, 0) is 36.2 Å². The van der Waals surface area contributed by atoms with Crippen LogP contribution in [-0.4, -0.2) is 35.6 Å². The molecule has 2 rings (SSSR count). The Balaban J connectivity index is 1.62. The fourth-order valence-corrected chi connectivity index (χ4v) is 4.25. The summed E-state index contributed by atoms with van der Waals surface area (Å²) in [7, 11) is 0. The number of benzene rings is 2. The van der Waals surface area contributed by atoms with E-state index in [9.17, 15) is 14.7 Å². The first-order valence-electron chi connectivity index (χ1n) is 13.3. The standard InChI is InChI=1S/C29H44N2O3/c1-3-4-5-6-7-8-9-10-11-12-13-16-21-30-29(34)27(23(2)32)31-28(33)26-20-19-24-17-14-15-18-25(24)22-26/h14-15,17-20,22-23,27,32H,3-13,16,21H2,1-2H3,(H,30,34)(H,31,33)/t23-,27+/m1/s1. The largest absolute Gasteiger partial charge is 0.391 e. The van der Waals surface area contributed by atoms with Gasteiger partial charge in [0.1, 0.15) is 6.04 Å². The van der Waals surface area contributed by atoms with Gasteiger partial charge in [-0.3, -0.25) is 9.59 Å². The highest BCUT2D eigenvalue weighted by molar-refractivity contribution is 6.00. The number of hydrogen-bond donors (Lipinski definition) is 3. The maximum absolute atomic E-state index is 12.7. The van der Waals surface area contributed by atoms with E-state index in [2.05, 4.69) is 17.6 Å². The van der Waals surface area contributed by atoms with Crippen LogP contribution in [0.25, 0.3) is 10.8 Å². The van der Waals surface area contributed by atoms with E-state index in [1.54, 1.807) is 12.1 Å². The van der Waals surface area contributed by atoms with Gasteiger partial charge in [0.25, 0.3) is 5.91 Å². The van der Waals surface area contributed by atoms with E-state index in [-0.39, 0.29) is 11.8 Å². The van der Waals surface area contributed by atoms with E-state index in [0.717, 1.165) is 23.6 Å². The fraction of sp³-hybridized carbons (Fsp3) is 0.586. The molecule has 0 heterocycles. The summed E-state index contributed by atoms with van der Waals surface area (Å²) in [5, 5.41) is 17.6. The van der Waals surface area contributed by atoms with Crippen molar-refractivity contribution in [2.24, 2.45) is 0 Å². The predicted octanol–water partition coefficient (Wildman–Crippen LogP) is 6.14. The molecule has 0 aliphatic rings. The number of carbonyl (C=O) groups excluding carboxylic acids is 2. The molecule has 0 spiro atoms. The quantitative estimate of drug-likeness (QED) is 0.244. The first kappa shape index (κ1) is 27.8. The molecule has 0 unspecified atom stereocenters. The van der Waals surface area contributed by atoms with Crippen LogP contribution in [0.3, 0.4) is 0 Å². The first-order valence-corrected chi connectivity index (χ1v) is 13.3. The number of aliphatic hydroxyl groups excluding tert-OH is 1. The zero-order valence-corrected chi connectivity index (χ0v) is 21.2. The molecule has 5 nitrogen and oxygen atoms in total. The highest BCUT2D eigenvalue weighted by Crippen LogP contribution is 2.16. The third-order valence-electron chi connectivity index (χ3n) is 6.39. The molecular weight excluding hydrogens is 424 g/mol. The van der Waals surface area contributed by atoms with Crippen LogP contribution >= 0.6 is 0 Å². The van der Waals surface area contributed by atoms with Gasteiger partial charge in [-0.2, -0.15) is 0 Å². The molecule has 5 heteroatoms. The van der Waals surface area contributed by atoms with Gasteiger partial charge in [0, 0.05) is 12.1 Å². The molecule has 0 bridgehead atoms. The Morgan fingerprint density at radius 3 is 1.94 bits per heavy atom. The van der Waals surface area contributed by atoms with Crippen LogP contribution in [0, 0.1) is 0 Å². The van der Waals surface area contributed by atoms with Crippen molar-refractivity contribution in [3.63, 3.8) is 0 Å². The van der Waals surface area contributed by atoms with Gasteiger partial charge < -0.3 is 15.7 Å². The Kier molecular flexibility index (Phi) is 13.3. The highest BCUT2D eigenvalue weighted by Gasteiger charge is 2.25. The second-order valence-corrected chi connectivity index (χ2v) is 9.43. The second-order valence-electron chi connectivity index (χ2n) is 9.43. The molecule has 0 aliphatic carbocycles. The maximum atomic E-state index is 12.7. The van der Waals surface area contributed by atoms with Crippen molar-refractivity contribution in [2.45, 2.75) is 103 Å².